The van der Waals surface area contributed by atoms with Gasteiger partial charge in [0.05, 0.1) is 104 Å². The average Bonchev–Trinajstić information content (AvgIpc) is 4.02. The minimum atomic E-state index is 0.133. The Balaban J connectivity index is 0.000000123. The summed E-state index contributed by atoms with van der Waals surface area (Å²) in [4.78, 5) is 0. The first-order valence-corrected chi connectivity index (χ1v) is 19.0. The van der Waals surface area contributed by atoms with Crippen molar-refractivity contribution in [3.05, 3.63) is 140 Å². The third-order valence-electron chi connectivity index (χ3n) is 12.8. The van der Waals surface area contributed by atoms with Crippen LogP contribution in [0, 0.1) is 23.7 Å². The molecule has 4 aromatic carbocycles. The highest BCUT2D eigenvalue weighted by atomic mass is 16.5. The van der Waals surface area contributed by atoms with Gasteiger partial charge in [0, 0.05) is 23.7 Å². The summed E-state index contributed by atoms with van der Waals surface area (Å²) in [6.45, 7) is 8.90. The highest BCUT2D eigenvalue weighted by Crippen LogP contribution is 2.52. The molecule has 8 nitrogen and oxygen atoms in total. The first-order chi connectivity index (χ1) is 25.7. The van der Waals surface area contributed by atoms with E-state index < -0.39 is 0 Å². The Morgan fingerprint density at radius 1 is 0.288 bits per heavy atom. The molecule has 0 aromatic heterocycles. The fraction of sp³-hybridized carbons (Fsp3) is 0.455. The van der Waals surface area contributed by atoms with Crippen LogP contribution in [-0.4, -0.2) is 26.4 Å². The van der Waals surface area contributed by atoms with Crippen molar-refractivity contribution >= 4 is 0 Å². The lowest BCUT2D eigenvalue weighted by molar-refractivity contribution is 0.0191. The second-order valence-electron chi connectivity index (χ2n) is 15.8. The standard InChI is InChI=1S/2C22H22O4/c2*1-3-15-7-23-9-17(15)5-13(1)21-19-11-26-22(20(19)12-25-21)14-2-4-16-8-24-10-18(16)6-14/h2*1-6,19-22H,7-12H2/t19-,20-,21+,22+;19-,20-,21-,22+/m00/s1. The van der Waals surface area contributed by atoms with Gasteiger partial charge in [0.2, 0.25) is 0 Å². The van der Waals surface area contributed by atoms with Gasteiger partial charge < -0.3 is 37.9 Å². The summed E-state index contributed by atoms with van der Waals surface area (Å²) in [5.41, 5.74) is 15.6. The van der Waals surface area contributed by atoms with Crippen LogP contribution in [0.15, 0.2) is 72.8 Å². The third-order valence-corrected chi connectivity index (χ3v) is 12.8. The molecule has 0 bridgehead atoms. The van der Waals surface area contributed by atoms with Crippen molar-refractivity contribution in [3.63, 3.8) is 0 Å². The summed E-state index contributed by atoms with van der Waals surface area (Å²) in [5.74, 6) is 1.68. The minimum absolute atomic E-state index is 0.133. The minimum Gasteiger partial charge on any atom is -0.373 e. The van der Waals surface area contributed by atoms with Crippen LogP contribution in [-0.2, 0) is 90.7 Å². The van der Waals surface area contributed by atoms with E-state index in [1.807, 2.05) is 0 Å². The van der Waals surface area contributed by atoms with Crippen LogP contribution in [0.3, 0.4) is 0 Å². The van der Waals surface area contributed by atoms with Gasteiger partial charge in [-0.3, -0.25) is 0 Å². The van der Waals surface area contributed by atoms with Crippen LogP contribution in [0.4, 0.5) is 0 Å². The summed E-state index contributed by atoms with van der Waals surface area (Å²) < 4.78 is 47.3. The lowest BCUT2D eigenvalue weighted by atomic mass is 9.84. The van der Waals surface area contributed by atoms with Gasteiger partial charge >= 0.3 is 0 Å². The van der Waals surface area contributed by atoms with E-state index in [-0.39, 0.29) is 24.4 Å². The average molecular weight is 701 g/mol. The number of fused-ring (bicyclic) bond motifs is 6. The van der Waals surface area contributed by atoms with Crippen molar-refractivity contribution in [1.82, 2.24) is 0 Å². The quantitative estimate of drug-likeness (QED) is 0.215. The monoisotopic (exact) mass is 700 g/mol. The van der Waals surface area contributed by atoms with Gasteiger partial charge in [-0.1, -0.05) is 72.8 Å². The van der Waals surface area contributed by atoms with Gasteiger partial charge in [-0.25, -0.2) is 0 Å². The van der Waals surface area contributed by atoms with Crippen molar-refractivity contribution < 1.29 is 37.9 Å². The lowest BCUT2D eigenvalue weighted by Gasteiger charge is -2.17. The van der Waals surface area contributed by atoms with Gasteiger partial charge in [-0.2, -0.15) is 0 Å². The molecule has 8 aliphatic heterocycles. The molecule has 0 saturated carbocycles. The number of ether oxygens (including phenoxy) is 8. The molecule has 8 atom stereocenters. The second-order valence-corrected chi connectivity index (χ2v) is 15.8. The molecule has 4 aromatic rings. The second kappa shape index (κ2) is 13.1. The van der Waals surface area contributed by atoms with Crippen molar-refractivity contribution in [2.45, 2.75) is 77.3 Å². The molecule has 4 saturated heterocycles. The van der Waals surface area contributed by atoms with E-state index in [2.05, 4.69) is 72.8 Å². The summed E-state index contributed by atoms with van der Waals surface area (Å²) in [5, 5.41) is 0. The maximum atomic E-state index is 6.26. The molecule has 0 unspecified atom stereocenters. The first kappa shape index (κ1) is 32.0. The van der Waals surface area contributed by atoms with Crippen molar-refractivity contribution in [2.24, 2.45) is 23.7 Å². The fourth-order valence-corrected chi connectivity index (χ4v) is 9.94. The van der Waals surface area contributed by atoms with Gasteiger partial charge in [0.25, 0.3) is 0 Å². The zero-order valence-corrected chi connectivity index (χ0v) is 29.3. The van der Waals surface area contributed by atoms with E-state index in [0.29, 0.717) is 23.7 Å². The van der Waals surface area contributed by atoms with Gasteiger partial charge in [0.1, 0.15) is 0 Å². The molecule has 0 aliphatic carbocycles. The molecule has 0 N–H and O–H groups in total. The normalized spacial score (nSPS) is 31.8. The number of benzene rings is 4. The molecule has 52 heavy (non-hydrogen) atoms. The van der Waals surface area contributed by atoms with E-state index in [9.17, 15) is 0 Å². The maximum Gasteiger partial charge on any atom is 0.0879 e. The van der Waals surface area contributed by atoms with Crippen LogP contribution in [0.5, 0.6) is 0 Å². The molecule has 8 heterocycles. The Bertz CT molecular complexity index is 1720. The van der Waals surface area contributed by atoms with E-state index in [0.717, 1.165) is 79.3 Å². The predicted octanol–water partition coefficient (Wildman–Crippen LogP) is 7.64. The summed E-state index contributed by atoms with van der Waals surface area (Å²) in [7, 11) is 0. The Morgan fingerprint density at radius 3 is 0.769 bits per heavy atom. The van der Waals surface area contributed by atoms with Crippen molar-refractivity contribution in [1.29, 1.82) is 0 Å². The number of hydrogen-bond donors (Lipinski definition) is 0. The lowest BCUT2D eigenvalue weighted by Crippen LogP contribution is -2.15. The van der Waals surface area contributed by atoms with Crippen LogP contribution in [0.1, 0.15) is 91.2 Å². The summed E-state index contributed by atoms with van der Waals surface area (Å²) in [6, 6.07) is 26.7. The van der Waals surface area contributed by atoms with Crippen molar-refractivity contribution in [2.75, 3.05) is 26.4 Å². The Hall–Kier alpha value is -3.44. The van der Waals surface area contributed by atoms with E-state index >= 15 is 0 Å². The Morgan fingerprint density at radius 2 is 0.519 bits per heavy atom. The Labute approximate surface area is 304 Å². The molecule has 0 spiro atoms. The van der Waals surface area contributed by atoms with Crippen LogP contribution in [0.2, 0.25) is 0 Å². The van der Waals surface area contributed by atoms with Crippen LogP contribution in [0.25, 0.3) is 0 Å². The van der Waals surface area contributed by atoms with E-state index in [1.54, 1.807) is 0 Å². The predicted molar refractivity (Wildman–Crippen MR) is 188 cm³/mol. The highest BCUT2D eigenvalue weighted by molar-refractivity contribution is 5.39. The van der Waals surface area contributed by atoms with Crippen molar-refractivity contribution in [3.8, 4) is 0 Å². The van der Waals surface area contributed by atoms with Gasteiger partial charge in [0.15, 0.2) is 0 Å². The topological polar surface area (TPSA) is 73.8 Å². The number of hydrogen-bond acceptors (Lipinski definition) is 8. The fourth-order valence-electron chi connectivity index (χ4n) is 9.94. The first-order valence-electron chi connectivity index (χ1n) is 19.0. The summed E-state index contributed by atoms with van der Waals surface area (Å²) >= 11 is 0. The molecule has 8 aliphatic rings. The largest absolute Gasteiger partial charge is 0.373 e. The zero-order valence-electron chi connectivity index (χ0n) is 29.3. The molecule has 8 heteroatoms. The van der Waals surface area contributed by atoms with E-state index in [4.69, 9.17) is 37.9 Å². The maximum absolute atomic E-state index is 6.26. The number of rotatable bonds is 4. The molecule has 268 valence electrons. The molecule has 4 fully saturated rings. The van der Waals surface area contributed by atoms with E-state index in [1.165, 1.54) is 66.8 Å². The molecular weight excluding hydrogens is 656 g/mol. The molecular formula is C44H44O8. The molecule has 12 rings (SSSR count). The highest BCUT2D eigenvalue weighted by Gasteiger charge is 2.49. The van der Waals surface area contributed by atoms with Gasteiger partial charge in [-0.15, -0.1) is 0 Å². The van der Waals surface area contributed by atoms with Crippen LogP contribution < -0.4 is 0 Å². The van der Waals surface area contributed by atoms with Gasteiger partial charge in [-0.05, 0) is 66.8 Å². The zero-order chi connectivity index (χ0) is 34.2. The summed E-state index contributed by atoms with van der Waals surface area (Å²) in [6.07, 6.45) is 0.532. The Kier molecular flexibility index (Phi) is 8.10. The third kappa shape index (κ3) is 5.50. The SMILES string of the molecule is c1cc2c(cc1[C@H]1OC[C@H]3[C@@H]1CO[C@@H]3c1ccc3c(c1)COC3)COC2.c1cc2c(cc1[C@H]1OC[C@H]3[C@@H]1CO[C@H]3c1ccc3c(c1)COC3)COC2. The van der Waals surface area contributed by atoms with Crippen LogP contribution >= 0.6 is 0 Å². The molecule has 0 amide bonds. The molecule has 0 radical (unpaired) electrons. The smallest absolute Gasteiger partial charge is 0.0879 e.